The number of anilines is 2. The lowest BCUT2D eigenvalue weighted by atomic mass is 10.0. The maximum absolute atomic E-state index is 12.9. The molecule has 0 aromatic heterocycles. The van der Waals surface area contributed by atoms with Crippen molar-refractivity contribution in [2.45, 2.75) is 26.2 Å². The zero-order valence-corrected chi connectivity index (χ0v) is 19.6. The van der Waals surface area contributed by atoms with Crippen molar-refractivity contribution in [1.29, 1.82) is 0 Å². The van der Waals surface area contributed by atoms with Gasteiger partial charge in [-0.05, 0) is 38.0 Å². The minimum absolute atomic E-state index is 0.0578. The highest BCUT2D eigenvalue weighted by Gasteiger charge is 2.35. The molecule has 0 radical (unpaired) electrons. The number of rotatable bonds is 8. The number of carbonyl (C=O) groups excluding carboxylic acids is 3. The average Bonchev–Trinajstić information content (AvgIpc) is 3.45. The van der Waals surface area contributed by atoms with Crippen molar-refractivity contribution in [3.63, 3.8) is 0 Å². The molecule has 0 atom stereocenters. The number of carbonyl (C=O) groups is 3. The van der Waals surface area contributed by atoms with E-state index in [1.165, 1.54) is 0 Å². The van der Waals surface area contributed by atoms with Gasteiger partial charge in [-0.25, -0.2) is 9.69 Å². The molecule has 2 aliphatic heterocycles. The third-order valence-corrected chi connectivity index (χ3v) is 5.98. The summed E-state index contributed by atoms with van der Waals surface area (Å²) >= 11 is 0. The highest BCUT2D eigenvalue weighted by Crippen LogP contribution is 2.37. The van der Waals surface area contributed by atoms with Gasteiger partial charge in [0.1, 0.15) is 23.8 Å². The first-order chi connectivity index (χ1) is 16.4. The van der Waals surface area contributed by atoms with Gasteiger partial charge in [-0.2, -0.15) is 4.99 Å². The summed E-state index contributed by atoms with van der Waals surface area (Å²) < 4.78 is 11.2. The molecule has 2 aromatic carbocycles. The Morgan fingerprint density at radius 2 is 1.71 bits per heavy atom. The topological polar surface area (TPSA) is 101 Å². The highest BCUT2D eigenvalue weighted by atomic mass is 16.5. The summed E-state index contributed by atoms with van der Waals surface area (Å²) in [5.41, 5.74) is 3.31. The monoisotopic (exact) mass is 464 g/mol. The van der Waals surface area contributed by atoms with Crippen LogP contribution in [0.3, 0.4) is 0 Å². The molecule has 0 unspecified atom stereocenters. The van der Waals surface area contributed by atoms with Gasteiger partial charge >= 0.3 is 6.03 Å². The molecular formula is C25H28N4O5. The summed E-state index contributed by atoms with van der Waals surface area (Å²) in [6.07, 6.45) is 2.32. The fraction of sp³-hybridized carbons (Fsp3) is 0.360. The van der Waals surface area contributed by atoms with Crippen LogP contribution in [0.1, 0.15) is 24.0 Å². The van der Waals surface area contributed by atoms with Crippen LogP contribution in [0.2, 0.25) is 0 Å². The Bertz CT molecular complexity index is 1140. The molecule has 34 heavy (non-hydrogen) atoms. The molecule has 1 N–H and O–H groups in total. The third kappa shape index (κ3) is 4.88. The van der Waals surface area contributed by atoms with Crippen LogP contribution in [-0.2, 0) is 16.0 Å². The van der Waals surface area contributed by atoms with Crippen molar-refractivity contribution >= 4 is 34.9 Å². The molecule has 4 amide bonds. The molecule has 2 aromatic rings. The van der Waals surface area contributed by atoms with Gasteiger partial charge in [-0.3, -0.25) is 9.59 Å². The van der Waals surface area contributed by atoms with Gasteiger partial charge in [0, 0.05) is 36.8 Å². The van der Waals surface area contributed by atoms with Crippen LogP contribution >= 0.6 is 0 Å². The minimum Gasteiger partial charge on any atom is -0.496 e. The number of nitrogens with one attached hydrogen (secondary N) is 1. The van der Waals surface area contributed by atoms with Crippen molar-refractivity contribution in [1.82, 2.24) is 4.90 Å². The zero-order chi connectivity index (χ0) is 24.2. The Balaban J connectivity index is 1.47. The third-order valence-electron chi connectivity index (χ3n) is 5.98. The number of hydrogen-bond acceptors (Lipinski definition) is 6. The van der Waals surface area contributed by atoms with E-state index in [1.807, 2.05) is 31.2 Å². The van der Waals surface area contributed by atoms with E-state index in [2.05, 4.69) is 15.2 Å². The molecule has 2 heterocycles. The van der Waals surface area contributed by atoms with Crippen molar-refractivity contribution in [3.8, 4) is 11.5 Å². The number of aliphatic imine (C=N–C) groups is 1. The summed E-state index contributed by atoms with van der Waals surface area (Å²) in [5, 5.41) is 2.69. The van der Waals surface area contributed by atoms with E-state index < -0.39 is 24.4 Å². The predicted molar refractivity (Wildman–Crippen MR) is 129 cm³/mol. The molecule has 0 bridgehead atoms. The predicted octanol–water partition coefficient (Wildman–Crippen LogP) is 3.20. The van der Waals surface area contributed by atoms with Gasteiger partial charge < -0.3 is 19.7 Å². The van der Waals surface area contributed by atoms with Crippen LogP contribution in [0, 0.1) is 6.92 Å². The number of nitrogens with zero attached hydrogens (tertiary/aromatic N) is 3. The molecule has 1 saturated heterocycles. The van der Waals surface area contributed by atoms with Gasteiger partial charge in [-0.1, -0.05) is 17.7 Å². The van der Waals surface area contributed by atoms with Crippen molar-refractivity contribution in [3.05, 3.63) is 47.5 Å². The van der Waals surface area contributed by atoms with E-state index in [4.69, 9.17) is 9.47 Å². The van der Waals surface area contributed by atoms with E-state index >= 15 is 0 Å². The fourth-order valence-corrected chi connectivity index (χ4v) is 4.17. The zero-order valence-electron chi connectivity index (χ0n) is 19.6. The number of methoxy groups -OCH3 is 2. The summed E-state index contributed by atoms with van der Waals surface area (Å²) in [5.74, 6) is 0.190. The normalized spacial score (nSPS) is 15.6. The van der Waals surface area contributed by atoms with Crippen LogP contribution in [0.4, 0.5) is 16.2 Å². The number of benzene rings is 2. The Kier molecular flexibility index (Phi) is 6.81. The molecular weight excluding hydrogens is 436 g/mol. The molecule has 9 heteroatoms. The fourth-order valence-electron chi connectivity index (χ4n) is 4.17. The SMILES string of the molecule is COc1cc(N2CCCC2)c(OC)cc1CC1=NC(=O)N(CC(=O)Nc2ccc(C)cc2)C1=O. The Hall–Kier alpha value is -3.88. The van der Waals surface area contributed by atoms with Gasteiger partial charge in [0.05, 0.1) is 19.9 Å². The number of urea groups is 1. The van der Waals surface area contributed by atoms with Crippen molar-refractivity contribution < 1.29 is 23.9 Å². The van der Waals surface area contributed by atoms with E-state index in [-0.39, 0.29) is 12.1 Å². The summed E-state index contributed by atoms with van der Waals surface area (Å²) in [6.45, 7) is 3.42. The summed E-state index contributed by atoms with van der Waals surface area (Å²) in [7, 11) is 3.16. The van der Waals surface area contributed by atoms with E-state index in [0.29, 0.717) is 22.7 Å². The second-order valence-corrected chi connectivity index (χ2v) is 8.35. The largest absolute Gasteiger partial charge is 0.496 e. The van der Waals surface area contributed by atoms with Gasteiger partial charge in [-0.15, -0.1) is 0 Å². The molecule has 178 valence electrons. The minimum atomic E-state index is -0.751. The average molecular weight is 465 g/mol. The number of imide groups is 1. The highest BCUT2D eigenvalue weighted by molar-refractivity contribution is 6.46. The maximum atomic E-state index is 12.9. The van der Waals surface area contributed by atoms with Crippen molar-refractivity contribution in [2.24, 2.45) is 4.99 Å². The number of amides is 4. The first-order valence-corrected chi connectivity index (χ1v) is 11.2. The van der Waals surface area contributed by atoms with E-state index in [0.717, 1.165) is 42.1 Å². The molecule has 0 aliphatic carbocycles. The molecule has 1 fully saturated rings. The Labute approximate surface area is 198 Å². The van der Waals surface area contributed by atoms with Crippen LogP contribution in [0.5, 0.6) is 11.5 Å². The van der Waals surface area contributed by atoms with Gasteiger partial charge in [0.25, 0.3) is 5.91 Å². The molecule has 0 spiro atoms. The second kappa shape index (κ2) is 9.94. The number of hydrogen-bond donors (Lipinski definition) is 1. The lowest BCUT2D eigenvalue weighted by molar-refractivity contribution is -0.125. The second-order valence-electron chi connectivity index (χ2n) is 8.35. The Morgan fingerprint density at radius 3 is 2.35 bits per heavy atom. The van der Waals surface area contributed by atoms with Crippen LogP contribution in [0.15, 0.2) is 41.4 Å². The smallest absolute Gasteiger partial charge is 0.351 e. The van der Waals surface area contributed by atoms with Gasteiger partial charge in [0.2, 0.25) is 5.91 Å². The summed E-state index contributed by atoms with van der Waals surface area (Å²) in [4.78, 5) is 44.7. The molecule has 9 nitrogen and oxygen atoms in total. The lowest BCUT2D eigenvalue weighted by Crippen LogP contribution is -2.39. The lowest BCUT2D eigenvalue weighted by Gasteiger charge is -2.22. The first kappa shape index (κ1) is 23.3. The number of ether oxygens (including phenoxy) is 2. The first-order valence-electron chi connectivity index (χ1n) is 11.2. The Morgan fingerprint density at radius 1 is 1.03 bits per heavy atom. The van der Waals surface area contributed by atoms with Crippen LogP contribution < -0.4 is 19.7 Å². The molecule has 4 rings (SSSR count). The molecule has 2 aliphatic rings. The summed E-state index contributed by atoms with van der Waals surface area (Å²) in [6, 6.07) is 10.2. The van der Waals surface area contributed by atoms with Crippen LogP contribution in [0.25, 0.3) is 0 Å². The number of aryl methyl sites for hydroxylation is 1. The quantitative estimate of drug-likeness (QED) is 0.644. The standard InChI is InChI=1S/C25H28N4O5/c1-16-6-8-18(9-7-16)26-23(30)15-29-24(31)19(27-25(29)32)12-17-13-22(34-3)20(14-21(17)33-2)28-10-4-5-11-28/h6-9,13-14H,4-5,10-12,15H2,1-3H3,(H,26,30). The van der Waals surface area contributed by atoms with E-state index in [9.17, 15) is 14.4 Å². The molecule has 0 saturated carbocycles. The van der Waals surface area contributed by atoms with Crippen molar-refractivity contribution in [2.75, 3.05) is 44.1 Å². The maximum Gasteiger partial charge on any atom is 0.351 e. The van der Waals surface area contributed by atoms with Gasteiger partial charge in [0.15, 0.2) is 0 Å². The van der Waals surface area contributed by atoms with E-state index in [1.54, 1.807) is 26.4 Å². The van der Waals surface area contributed by atoms with Crippen LogP contribution in [-0.4, -0.2) is 62.3 Å².